The van der Waals surface area contributed by atoms with Crippen LogP contribution in [0.2, 0.25) is 39.3 Å². The number of nitrogens with one attached hydrogen (secondary N) is 1. The summed E-state index contributed by atoms with van der Waals surface area (Å²) in [5, 5.41) is 0. The van der Waals surface area contributed by atoms with E-state index in [-0.39, 0.29) is 0 Å². The average Bonchev–Trinajstić information content (AvgIpc) is 2.23. The lowest BCUT2D eigenvalue weighted by Crippen LogP contribution is -2.34. The molecule has 21 heavy (non-hydrogen) atoms. The summed E-state index contributed by atoms with van der Waals surface area (Å²) in [7, 11) is -3.33. The van der Waals surface area contributed by atoms with Gasteiger partial charge in [-0.3, -0.25) is 0 Å². The van der Waals surface area contributed by atoms with Gasteiger partial charge in [0.1, 0.15) is 8.24 Å². The minimum atomic E-state index is -1.78. The van der Waals surface area contributed by atoms with Crippen LogP contribution in [-0.2, 0) is 0 Å². The summed E-state index contributed by atoms with van der Waals surface area (Å²) in [5.41, 5.74) is 2.04. The molecule has 0 fully saturated rings. The predicted octanol–water partition coefficient (Wildman–Crippen LogP) is 3.19. The Labute approximate surface area is 127 Å². The van der Waals surface area contributed by atoms with Crippen LogP contribution in [0.1, 0.15) is 5.69 Å². The molecule has 6 nitrogen and oxygen atoms in total. The fourth-order valence-corrected chi connectivity index (χ4v) is 3.23. The van der Waals surface area contributed by atoms with E-state index in [1.807, 2.05) is 6.92 Å². The van der Waals surface area contributed by atoms with Crippen molar-refractivity contribution in [2.75, 3.05) is 4.98 Å². The number of nitrogens with zero attached hydrogens (tertiary/aromatic N) is 4. The van der Waals surface area contributed by atoms with Crippen molar-refractivity contribution < 1.29 is 4.43 Å². The quantitative estimate of drug-likeness (QED) is 0.872. The molecular weight excluding hydrogens is 298 g/mol. The van der Waals surface area contributed by atoms with Crippen LogP contribution in [0, 0.1) is 6.92 Å². The molecule has 0 amide bonds. The lowest BCUT2D eigenvalue weighted by molar-refractivity contribution is 0.539. The molecule has 2 aromatic heterocycles. The first-order valence-electron chi connectivity index (χ1n) is 7.02. The molecule has 0 bridgehead atoms. The van der Waals surface area contributed by atoms with Gasteiger partial charge in [0.15, 0.2) is 11.2 Å². The van der Waals surface area contributed by atoms with Crippen LogP contribution in [0.15, 0.2) is 6.20 Å². The number of rotatable bonds is 4. The van der Waals surface area contributed by atoms with Crippen molar-refractivity contribution >= 4 is 33.7 Å². The lowest BCUT2D eigenvalue weighted by atomic mass is 10.4. The maximum atomic E-state index is 6.07. The second-order valence-corrected chi connectivity index (χ2v) is 16.3. The van der Waals surface area contributed by atoms with Crippen molar-refractivity contribution in [3.05, 3.63) is 11.9 Å². The molecule has 0 atom stereocenters. The van der Waals surface area contributed by atoms with Gasteiger partial charge in [-0.2, -0.15) is 9.97 Å². The van der Waals surface area contributed by atoms with E-state index in [1.54, 1.807) is 6.20 Å². The molecule has 0 aliphatic carbocycles. The maximum Gasteiger partial charge on any atom is 0.244 e. The number of aromatic nitrogens is 4. The molecule has 0 radical (unpaired) electrons. The normalized spacial score (nSPS) is 12.5. The third-order valence-corrected chi connectivity index (χ3v) is 4.17. The zero-order chi connectivity index (χ0) is 15.8. The molecule has 0 aromatic carbocycles. The zero-order valence-electron chi connectivity index (χ0n) is 13.8. The first-order chi connectivity index (χ1) is 9.53. The van der Waals surface area contributed by atoms with Crippen LogP contribution < -0.4 is 9.41 Å². The van der Waals surface area contributed by atoms with E-state index in [0.29, 0.717) is 23.0 Å². The zero-order valence-corrected chi connectivity index (χ0v) is 15.8. The number of hydrogen-bond acceptors (Lipinski definition) is 6. The van der Waals surface area contributed by atoms with Crippen molar-refractivity contribution in [2.45, 2.75) is 46.2 Å². The Hall–Kier alpha value is -1.55. The second kappa shape index (κ2) is 5.34. The van der Waals surface area contributed by atoms with Crippen molar-refractivity contribution in [1.82, 2.24) is 19.9 Å². The van der Waals surface area contributed by atoms with Gasteiger partial charge in [-0.15, -0.1) is 0 Å². The molecule has 0 unspecified atom stereocenters. The van der Waals surface area contributed by atoms with Crippen molar-refractivity contribution in [2.24, 2.45) is 0 Å². The minimum absolute atomic E-state index is 0.535. The van der Waals surface area contributed by atoms with Crippen LogP contribution in [0.4, 0.5) is 5.95 Å². The number of hydrogen-bond donors (Lipinski definition) is 1. The molecule has 8 heteroatoms. The molecule has 1 N–H and O–H groups in total. The Morgan fingerprint density at radius 2 is 1.67 bits per heavy atom. The van der Waals surface area contributed by atoms with E-state index < -0.39 is 16.6 Å². The van der Waals surface area contributed by atoms with E-state index in [0.717, 1.165) is 5.69 Å². The summed E-state index contributed by atoms with van der Waals surface area (Å²) in [6.07, 6.45) is 1.72. The molecule has 2 heterocycles. The minimum Gasteiger partial charge on any atom is -0.530 e. The standard InChI is InChI=1S/C13H23N5OSi2/c1-9-8-14-10-11(15-9)16-13(18-20(2,3)4)17-12(10)19-21(5,6)7/h8H,1-7H3,(H,15,16,17,18). The van der Waals surface area contributed by atoms with E-state index in [4.69, 9.17) is 4.43 Å². The van der Waals surface area contributed by atoms with Gasteiger partial charge in [0.2, 0.25) is 20.1 Å². The fourth-order valence-electron chi connectivity index (χ4n) is 1.72. The summed E-state index contributed by atoms with van der Waals surface area (Å²) in [6, 6.07) is 0. The molecule has 2 aromatic rings. The van der Waals surface area contributed by atoms with Gasteiger partial charge in [0, 0.05) is 6.20 Å². The third-order valence-electron chi connectivity index (χ3n) is 2.39. The lowest BCUT2D eigenvalue weighted by Gasteiger charge is -2.21. The first kappa shape index (κ1) is 15.8. The summed E-state index contributed by atoms with van der Waals surface area (Å²) in [4.78, 5) is 21.3. The molecular formula is C13H23N5OSi2. The molecule has 0 spiro atoms. The molecule has 0 aliphatic rings. The first-order valence-corrected chi connectivity index (χ1v) is 13.9. The Balaban J connectivity index is 2.57. The van der Waals surface area contributed by atoms with Gasteiger partial charge in [-0.25, -0.2) is 9.97 Å². The fraction of sp³-hybridized carbons (Fsp3) is 0.538. The van der Waals surface area contributed by atoms with Crippen LogP contribution in [-0.4, -0.2) is 36.5 Å². The molecule has 0 aliphatic heterocycles. The maximum absolute atomic E-state index is 6.07. The number of fused-ring (bicyclic) bond motifs is 1. The van der Waals surface area contributed by atoms with Crippen LogP contribution in [0.3, 0.4) is 0 Å². The van der Waals surface area contributed by atoms with Crippen molar-refractivity contribution in [3.63, 3.8) is 0 Å². The number of anilines is 1. The van der Waals surface area contributed by atoms with E-state index in [1.165, 1.54) is 0 Å². The molecule has 0 saturated carbocycles. The third kappa shape index (κ3) is 4.46. The monoisotopic (exact) mass is 321 g/mol. The highest BCUT2D eigenvalue weighted by atomic mass is 28.4. The highest BCUT2D eigenvalue weighted by Gasteiger charge is 2.22. The average molecular weight is 322 g/mol. The van der Waals surface area contributed by atoms with Crippen LogP contribution >= 0.6 is 0 Å². The predicted molar refractivity (Wildman–Crippen MR) is 90.8 cm³/mol. The largest absolute Gasteiger partial charge is 0.530 e. The van der Waals surface area contributed by atoms with Gasteiger partial charge >= 0.3 is 0 Å². The number of aryl methyl sites for hydroxylation is 1. The molecule has 2 rings (SSSR count). The van der Waals surface area contributed by atoms with Gasteiger partial charge in [0.05, 0.1) is 5.69 Å². The smallest absolute Gasteiger partial charge is 0.244 e. The summed E-state index contributed by atoms with van der Waals surface area (Å²) < 4.78 is 6.07. The van der Waals surface area contributed by atoms with Gasteiger partial charge in [0.25, 0.3) is 0 Å². The highest BCUT2D eigenvalue weighted by molar-refractivity contribution is 6.79. The molecule has 0 saturated heterocycles. The van der Waals surface area contributed by atoms with E-state index >= 15 is 0 Å². The topological polar surface area (TPSA) is 72.8 Å². The Morgan fingerprint density at radius 3 is 2.24 bits per heavy atom. The van der Waals surface area contributed by atoms with Crippen molar-refractivity contribution in [1.29, 1.82) is 0 Å². The summed E-state index contributed by atoms with van der Waals surface area (Å²) in [6.45, 7) is 14.8. The Kier molecular flexibility index (Phi) is 4.02. The SMILES string of the molecule is Cc1cnc2c(O[Si](C)(C)C)nc(N[Si](C)(C)C)nc2n1. The Morgan fingerprint density at radius 1 is 1.00 bits per heavy atom. The van der Waals surface area contributed by atoms with Crippen molar-refractivity contribution in [3.8, 4) is 5.88 Å². The second-order valence-electron chi connectivity index (χ2n) is 7.13. The Bertz CT molecular complexity index is 664. The summed E-state index contributed by atoms with van der Waals surface area (Å²) in [5.74, 6) is 1.11. The van der Waals surface area contributed by atoms with Gasteiger partial charge in [-0.05, 0) is 26.6 Å². The van der Waals surface area contributed by atoms with E-state index in [9.17, 15) is 0 Å². The van der Waals surface area contributed by atoms with Crippen LogP contribution in [0.25, 0.3) is 11.2 Å². The summed E-state index contributed by atoms with van der Waals surface area (Å²) >= 11 is 0. The highest BCUT2D eigenvalue weighted by Crippen LogP contribution is 2.24. The van der Waals surface area contributed by atoms with Gasteiger partial charge in [-0.1, -0.05) is 19.6 Å². The van der Waals surface area contributed by atoms with E-state index in [2.05, 4.69) is 64.2 Å². The molecule has 114 valence electrons. The van der Waals surface area contributed by atoms with Crippen LogP contribution in [0.5, 0.6) is 5.88 Å². The van der Waals surface area contributed by atoms with Gasteiger partial charge < -0.3 is 9.41 Å².